The molecule has 0 atom stereocenters. The minimum Gasteiger partial charge on any atom is -0.263 e. The largest absolute Gasteiger partial charge is 0.263 e. The van der Waals surface area contributed by atoms with Gasteiger partial charge in [-0.25, -0.2) is 8.42 Å². The van der Waals surface area contributed by atoms with E-state index in [1.807, 2.05) is 0 Å². The molecule has 0 amide bonds. The lowest BCUT2D eigenvalue weighted by Gasteiger charge is -2.03. The highest BCUT2D eigenvalue weighted by Gasteiger charge is 2.16. The average Bonchev–Trinajstić information content (AvgIpc) is 2.15. The molecule has 1 rings (SSSR count). The van der Waals surface area contributed by atoms with E-state index in [2.05, 4.69) is 9.71 Å². The molecule has 1 heterocycles. The second-order valence-corrected chi connectivity index (χ2v) is 4.43. The van der Waals surface area contributed by atoms with Gasteiger partial charge >= 0.3 is 0 Å². The third-order valence-electron chi connectivity index (χ3n) is 1.36. The van der Waals surface area contributed by atoms with Crippen LogP contribution in [0.1, 0.15) is 0 Å². The van der Waals surface area contributed by atoms with Crippen molar-refractivity contribution in [3.63, 3.8) is 0 Å². The highest BCUT2D eigenvalue weighted by Crippen LogP contribution is 2.18. The normalized spacial score (nSPS) is 10.9. The monoisotopic (exact) mass is 231 g/mol. The molecule has 5 nitrogen and oxygen atoms in total. The van der Waals surface area contributed by atoms with Crippen LogP contribution in [0, 0.1) is 11.3 Å². The van der Waals surface area contributed by atoms with Crippen molar-refractivity contribution in [3.8, 4) is 6.07 Å². The summed E-state index contributed by atoms with van der Waals surface area (Å²) in [4.78, 5) is 3.51. The molecule has 0 spiro atoms. The maximum absolute atomic E-state index is 11.4. The summed E-state index contributed by atoms with van der Waals surface area (Å²) < 4.78 is 24.9. The first kappa shape index (κ1) is 10.9. The van der Waals surface area contributed by atoms with Crippen molar-refractivity contribution in [3.05, 3.63) is 23.5 Å². The minimum absolute atomic E-state index is 0.0745. The zero-order valence-corrected chi connectivity index (χ0v) is 8.51. The molecule has 0 aliphatic carbocycles. The van der Waals surface area contributed by atoms with E-state index in [-0.39, 0.29) is 16.5 Å². The molecule has 0 aromatic carbocycles. The molecule has 0 saturated heterocycles. The fourth-order valence-corrected chi connectivity index (χ4v) is 2.11. The number of nitrogens with zero attached hydrogens (tertiary/aromatic N) is 2. The van der Waals surface area contributed by atoms with Gasteiger partial charge in [-0.2, -0.15) is 9.98 Å². The van der Waals surface area contributed by atoms with Crippen LogP contribution < -0.4 is 4.72 Å². The Kier molecular flexibility index (Phi) is 3.41. The van der Waals surface area contributed by atoms with Crippen LogP contribution in [0.3, 0.4) is 0 Å². The Morgan fingerprint density at radius 3 is 2.93 bits per heavy atom. The number of nitriles is 1. The van der Waals surface area contributed by atoms with Crippen LogP contribution in [0.25, 0.3) is 0 Å². The van der Waals surface area contributed by atoms with Crippen LogP contribution in [0.15, 0.2) is 23.4 Å². The molecule has 0 fully saturated rings. The molecule has 1 aromatic rings. The van der Waals surface area contributed by atoms with Gasteiger partial charge in [-0.1, -0.05) is 11.6 Å². The van der Waals surface area contributed by atoms with Crippen molar-refractivity contribution in [2.75, 3.05) is 6.54 Å². The number of aromatic nitrogens is 1. The third-order valence-corrected chi connectivity index (χ3v) is 3.24. The first-order valence-electron chi connectivity index (χ1n) is 3.54. The number of hydrogen-bond acceptors (Lipinski definition) is 4. The van der Waals surface area contributed by atoms with Crippen LogP contribution in [-0.2, 0) is 10.0 Å². The molecular formula is C7H6ClN3O2S. The number of pyridine rings is 1. The summed E-state index contributed by atoms with van der Waals surface area (Å²) in [5, 5.41) is 8.29. The van der Waals surface area contributed by atoms with Gasteiger partial charge in [-0.05, 0) is 6.07 Å². The second-order valence-electron chi connectivity index (χ2n) is 2.29. The number of rotatable bonds is 3. The van der Waals surface area contributed by atoms with Crippen molar-refractivity contribution in [2.45, 2.75) is 4.90 Å². The predicted molar refractivity (Wildman–Crippen MR) is 50.0 cm³/mol. The van der Waals surface area contributed by atoms with E-state index in [1.54, 1.807) is 6.07 Å². The van der Waals surface area contributed by atoms with Crippen molar-refractivity contribution in [1.82, 2.24) is 9.71 Å². The summed E-state index contributed by atoms with van der Waals surface area (Å²) in [7, 11) is -3.72. The highest BCUT2D eigenvalue weighted by atomic mass is 35.5. The van der Waals surface area contributed by atoms with Crippen molar-refractivity contribution in [2.24, 2.45) is 0 Å². The Labute approximate surface area is 86.4 Å². The van der Waals surface area contributed by atoms with Crippen molar-refractivity contribution in [1.29, 1.82) is 5.26 Å². The van der Waals surface area contributed by atoms with Crippen LogP contribution in [-0.4, -0.2) is 19.9 Å². The first-order valence-corrected chi connectivity index (χ1v) is 5.40. The van der Waals surface area contributed by atoms with E-state index in [4.69, 9.17) is 16.9 Å². The quantitative estimate of drug-likeness (QED) is 0.770. The summed E-state index contributed by atoms with van der Waals surface area (Å²) >= 11 is 5.65. The van der Waals surface area contributed by atoms with E-state index in [1.165, 1.54) is 12.3 Å². The number of nitrogens with one attached hydrogen (secondary N) is 1. The molecule has 0 radical (unpaired) electrons. The Hall–Kier alpha value is -1.16. The smallest absolute Gasteiger partial charge is 0.244 e. The Morgan fingerprint density at radius 2 is 2.36 bits per heavy atom. The fraction of sp³-hybridized carbons (Fsp3) is 0.143. The molecule has 0 aliphatic rings. The van der Waals surface area contributed by atoms with E-state index in [0.717, 1.165) is 6.20 Å². The van der Waals surface area contributed by atoms with Gasteiger partial charge < -0.3 is 0 Å². The third kappa shape index (κ3) is 2.42. The fourth-order valence-electron chi connectivity index (χ4n) is 0.766. The van der Waals surface area contributed by atoms with Crippen molar-refractivity contribution >= 4 is 21.6 Å². The van der Waals surface area contributed by atoms with E-state index >= 15 is 0 Å². The summed E-state index contributed by atoms with van der Waals surface area (Å²) in [5.41, 5.74) is 0. The van der Waals surface area contributed by atoms with Crippen LogP contribution in [0.5, 0.6) is 0 Å². The molecule has 0 aliphatic heterocycles. The number of sulfonamides is 1. The van der Waals surface area contributed by atoms with E-state index in [0.29, 0.717) is 0 Å². The molecule has 7 heteroatoms. The second kappa shape index (κ2) is 4.37. The van der Waals surface area contributed by atoms with Crippen molar-refractivity contribution < 1.29 is 8.42 Å². The number of hydrogen-bond donors (Lipinski definition) is 1. The molecule has 74 valence electrons. The molecular weight excluding hydrogens is 226 g/mol. The van der Waals surface area contributed by atoms with Gasteiger partial charge in [0.2, 0.25) is 10.0 Å². The molecule has 0 saturated carbocycles. The lowest BCUT2D eigenvalue weighted by atomic mass is 10.5. The van der Waals surface area contributed by atoms with Crippen LogP contribution in [0.2, 0.25) is 5.02 Å². The SMILES string of the molecule is N#CCNS(=O)(=O)c1cnccc1Cl. The molecule has 1 N–H and O–H groups in total. The van der Waals surface area contributed by atoms with Gasteiger partial charge in [0.05, 0.1) is 17.6 Å². The Bertz CT molecular complexity index is 466. The lowest BCUT2D eigenvalue weighted by Crippen LogP contribution is -2.24. The molecule has 0 unspecified atom stereocenters. The van der Waals surface area contributed by atoms with Gasteiger partial charge in [-0.3, -0.25) is 4.98 Å². The zero-order chi connectivity index (χ0) is 10.6. The zero-order valence-electron chi connectivity index (χ0n) is 6.94. The Morgan fingerprint density at radius 1 is 1.64 bits per heavy atom. The van der Waals surface area contributed by atoms with E-state index in [9.17, 15) is 8.42 Å². The summed E-state index contributed by atoms with van der Waals surface area (Å²) in [6, 6.07) is 3.02. The average molecular weight is 232 g/mol. The summed E-state index contributed by atoms with van der Waals surface area (Å²) in [5.74, 6) is 0. The van der Waals surface area contributed by atoms with Gasteiger partial charge in [-0.15, -0.1) is 0 Å². The highest BCUT2D eigenvalue weighted by molar-refractivity contribution is 7.89. The summed E-state index contributed by atoms with van der Waals surface area (Å²) in [6.45, 7) is -0.298. The Balaban J connectivity index is 3.06. The van der Waals surface area contributed by atoms with E-state index < -0.39 is 10.0 Å². The van der Waals surface area contributed by atoms with Gasteiger partial charge in [0.15, 0.2) is 0 Å². The van der Waals surface area contributed by atoms with Gasteiger partial charge in [0.1, 0.15) is 4.90 Å². The van der Waals surface area contributed by atoms with Crippen LogP contribution in [0.4, 0.5) is 0 Å². The predicted octanol–water partition coefficient (Wildman–Crippen LogP) is 0.537. The minimum atomic E-state index is -3.72. The molecule has 0 bridgehead atoms. The number of halogens is 1. The maximum Gasteiger partial charge on any atom is 0.244 e. The maximum atomic E-state index is 11.4. The van der Waals surface area contributed by atoms with Gasteiger partial charge in [0, 0.05) is 12.4 Å². The summed E-state index contributed by atoms with van der Waals surface area (Å²) in [6.07, 6.45) is 2.51. The first-order chi connectivity index (χ1) is 6.58. The van der Waals surface area contributed by atoms with Crippen LogP contribution >= 0.6 is 11.6 Å². The lowest BCUT2D eigenvalue weighted by molar-refractivity contribution is 0.585. The molecule has 14 heavy (non-hydrogen) atoms. The topological polar surface area (TPSA) is 82.9 Å². The van der Waals surface area contributed by atoms with Gasteiger partial charge in [0.25, 0.3) is 0 Å². The molecule has 1 aromatic heterocycles. The standard InChI is InChI=1S/C7H6ClN3O2S/c8-6-1-3-10-5-7(6)14(12,13)11-4-2-9/h1,3,5,11H,4H2.